The number of thiocarbonyl (C=S) groups is 1. The maximum Gasteiger partial charge on any atom is 2.00 e. The molecule has 7 aromatic heterocycles. The Morgan fingerprint density at radius 3 is 2.17 bits per heavy atom. The SMILES string of the molecule is CCCCCCc1ccsc1-c1ccnc(-c2cc(C(F)(F)F)n[n-]2)c1.O=COc1ccnc(-c2cc(OC=O)cc(-c3cc(/C=C/c4cc5ccccc5s4)ccn3)n2)c1.[N-]=C=S.[Ru+2]. The molecule has 0 aliphatic rings. The van der Waals surface area contributed by atoms with Crippen molar-refractivity contribution < 1.29 is 51.7 Å². The van der Waals surface area contributed by atoms with E-state index in [4.69, 9.17) is 14.9 Å². The molecule has 0 unspecified atom stereocenters. The van der Waals surface area contributed by atoms with Gasteiger partial charge in [0.25, 0.3) is 12.9 Å². The predicted octanol–water partition coefficient (Wildman–Crippen LogP) is 12.3. The van der Waals surface area contributed by atoms with Crippen molar-refractivity contribution in [3.05, 3.63) is 142 Å². The van der Waals surface area contributed by atoms with Crippen LogP contribution in [0.3, 0.4) is 0 Å². The van der Waals surface area contributed by atoms with Gasteiger partial charge in [-0.3, -0.25) is 24.5 Å². The number of rotatable bonds is 15. The molecule has 7 heterocycles. The first-order valence-electron chi connectivity index (χ1n) is 19.6. The van der Waals surface area contributed by atoms with Gasteiger partial charge in [0.15, 0.2) is 0 Å². The molecule has 8 rings (SSSR count). The van der Waals surface area contributed by atoms with E-state index in [9.17, 15) is 22.8 Å². The minimum Gasteiger partial charge on any atom is -0.753 e. The molecule has 0 atom stereocenters. The van der Waals surface area contributed by atoms with Crippen LogP contribution in [0.2, 0.25) is 0 Å². The molecule has 1 aromatic carbocycles. The number of ether oxygens (including phenoxy) is 2. The Hall–Kier alpha value is -6.42. The van der Waals surface area contributed by atoms with Crippen molar-refractivity contribution in [3.8, 4) is 56.1 Å². The Kier molecular flexibility index (Phi) is 18.8. The summed E-state index contributed by atoms with van der Waals surface area (Å²) in [5.74, 6) is 0.609. The van der Waals surface area contributed by atoms with Gasteiger partial charge in [0, 0.05) is 51.2 Å². The normalized spacial score (nSPS) is 10.8. The zero-order valence-corrected chi connectivity index (χ0v) is 38.5. The second-order valence-electron chi connectivity index (χ2n) is 13.6. The van der Waals surface area contributed by atoms with Crippen molar-refractivity contribution in [1.82, 2.24) is 30.1 Å². The quantitative estimate of drug-likeness (QED) is 0.0317. The van der Waals surface area contributed by atoms with E-state index in [1.54, 1.807) is 65.4 Å². The van der Waals surface area contributed by atoms with Crippen LogP contribution in [0.4, 0.5) is 13.2 Å². The maximum atomic E-state index is 12.7. The monoisotopic (exact) mass is 1020 g/mol. The number of fused-ring (bicyclic) bond motifs is 1. The van der Waals surface area contributed by atoms with Gasteiger partial charge in [-0.1, -0.05) is 68.4 Å². The van der Waals surface area contributed by atoms with Crippen LogP contribution in [0.15, 0.2) is 115 Å². The molecule has 0 amide bonds. The largest absolute Gasteiger partial charge is 2.00 e. The van der Waals surface area contributed by atoms with Gasteiger partial charge in [-0.05, 0) is 101 Å². The Balaban J connectivity index is 0.000000236. The minimum absolute atomic E-state index is 0. The molecule has 0 spiro atoms. The fraction of sp³-hybridized carbons (Fsp3) is 0.149. The molecule has 0 saturated carbocycles. The van der Waals surface area contributed by atoms with E-state index < -0.39 is 11.9 Å². The first-order chi connectivity index (χ1) is 31.1. The molecule has 0 N–H and O–H groups in total. The molecule has 0 aliphatic carbocycles. The predicted molar refractivity (Wildman–Crippen MR) is 248 cm³/mol. The van der Waals surface area contributed by atoms with E-state index in [0.717, 1.165) is 39.8 Å². The van der Waals surface area contributed by atoms with E-state index in [2.05, 4.69) is 85.0 Å². The Morgan fingerprint density at radius 2 is 1.46 bits per heavy atom. The Morgan fingerprint density at radius 1 is 0.785 bits per heavy atom. The van der Waals surface area contributed by atoms with Crippen LogP contribution in [0.25, 0.3) is 72.3 Å². The molecule has 11 nitrogen and oxygen atoms in total. The van der Waals surface area contributed by atoms with Gasteiger partial charge in [0.1, 0.15) is 17.2 Å². The second-order valence-corrected chi connectivity index (χ2v) is 15.8. The van der Waals surface area contributed by atoms with Crippen LogP contribution in [0, 0.1) is 0 Å². The molecule has 0 fully saturated rings. The third-order valence-electron chi connectivity index (χ3n) is 9.25. The molecule has 18 heteroatoms. The van der Waals surface area contributed by atoms with Crippen LogP contribution in [0.1, 0.15) is 54.3 Å². The molecule has 0 aliphatic heterocycles. The summed E-state index contributed by atoms with van der Waals surface area (Å²) < 4.78 is 49.4. The number of unbranched alkanes of at least 4 members (excludes halogenated alkanes) is 3. The molecular formula is C47H36F3N7O4RuS3. The number of nitrogens with zero attached hydrogens (tertiary/aromatic N) is 7. The first-order valence-corrected chi connectivity index (χ1v) is 21.7. The Labute approximate surface area is 398 Å². The number of hydrogen-bond donors (Lipinski definition) is 0. The number of pyridine rings is 4. The zero-order valence-electron chi connectivity index (χ0n) is 34.3. The van der Waals surface area contributed by atoms with E-state index in [-0.39, 0.29) is 30.9 Å². The average Bonchev–Trinajstić information content (AvgIpc) is 4.09. The number of benzene rings is 1. The number of carbonyl (C=O) groups is 2. The summed E-state index contributed by atoms with van der Waals surface area (Å²) in [5.41, 5.74) is 4.69. The molecule has 0 bridgehead atoms. The van der Waals surface area contributed by atoms with Gasteiger partial charge in [0.2, 0.25) is 0 Å². The number of isothiocyanates is 1. The number of aryl methyl sites for hydroxylation is 1. The fourth-order valence-electron chi connectivity index (χ4n) is 6.32. The summed E-state index contributed by atoms with van der Waals surface area (Å²) in [5, 5.41) is 18.6. The number of halogens is 3. The van der Waals surface area contributed by atoms with Crippen LogP contribution in [-0.4, -0.2) is 43.1 Å². The Bertz CT molecular complexity index is 2860. The summed E-state index contributed by atoms with van der Waals surface area (Å²) in [6.07, 6.45) is 10.2. The van der Waals surface area contributed by atoms with E-state index in [1.165, 1.54) is 46.3 Å². The van der Waals surface area contributed by atoms with E-state index >= 15 is 0 Å². The molecule has 8 aromatic rings. The van der Waals surface area contributed by atoms with Crippen molar-refractivity contribution in [2.75, 3.05) is 0 Å². The van der Waals surface area contributed by atoms with Crippen molar-refractivity contribution >= 4 is 75.2 Å². The van der Waals surface area contributed by atoms with Gasteiger partial charge in [0.05, 0.1) is 28.5 Å². The summed E-state index contributed by atoms with van der Waals surface area (Å²) in [6, 6.07) is 27.3. The molecule has 330 valence electrons. The van der Waals surface area contributed by atoms with Crippen LogP contribution >= 0.6 is 34.9 Å². The summed E-state index contributed by atoms with van der Waals surface area (Å²) >= 11 is 7.06. The summed E-state index contributed by atoms with van der Waals surface area (Å²) in [6.45, 7) is 2.87. The first kappa shape index (κ1) is 49.6. The molecule has 0 saturated heterocycles. The number of hydrogen-bond acceptors (Lipinski definition) is 12. The topological polar surface area (TPSA) is 153 Å². The number of aromatic nitrogens is 6. The maximum absolute atomic E-state index is 12.7. The van der Waals surface area contributed by atoms with Gasteiger partial charge in [-0.15, -0.1) is 22.7 Å². The molecular weight excluding hydrogens is 981 g/mol. The van der Waals surface area contributed by atoms with Crippen molar-refractivity contribution in [2.45, 2.75) is 45.2 Å². The fourth-order valence-corrected chi connectivity index (χ4v) is 8.24. The smallest absolute Gasteiger partial charge is 0.753 e. The number of carbonyl (C=O) groups excluding carboxylic acids is 2. The van der Waals surface area contributed by atoms with Crippen LogP contribution in [0.5, 0.6) is 11.5 Å². The number of alkyl halides is 3. The van der Waals surface area contributed by atoms with Crippen molar-refractivity contribution in [1.29, 1.82) is 0 Å². The zero-order chi connectivity index (χ0) is 45.3. The number of thiophene rings is 2. The summed E-state index contributed by atoms with van der Waals surface area (Å²) in [7, 11) is 0. The third-order valence-corrected chi connectivity index (χ3v) is 11.3. The van der Waals surface area contributed by atoms with Gasteiger partial charge < -0.3 is 25.1 Å². The summed E-state index contributed by atoms with van der Waals surface area (Å²) in [4.78, 5) is 41.6. The van der Waals surface area contributed by atoms with E-state index in [1.807, 2.05) is 36.4 Å². The third kappa shape index (κ3) is 14.0. The molecule has 0 radical (unpaired) electrons. The minimum atomic E-state index is -4.50. The van der Waals surface area contributed by atoms with E-state index in [0.29, 0.717) is 47.2 Å². The van der Waals surface area contributed by atoms with Crippen molar-refractivity contribution in [3.63, 3.8) is 0 Å². The molecule has 65 heavy (non-hydrogen) atoms. The van der Waals surface area contributed by atoms with Gasteiger partial charge in [-0.2, -0.15) is 18.3 Å². The van der Waals surface area contributed by atoms with Crippen molar-refractivity contribution in [2.24, 2.45) is 0 Å². The van der Waals surface area contributed by atoms with Gasteiger partial charge >= 0.3 is 25.7 Å². The standard InChI is InChI=1S/C27H17N3O4S.C19H19F3N3S.CNS.Ru/c31-16-33-20-8-10-29-24(13-20)26-15-21(34-17-32)14-25(30-26)23-11-18(7-9-28-23)5-6-22-12-19-3-1-2-4-27(19)35-22;1-2-3-4-5-6-13-8-10-26-18(13)14-7-9-23-15(11-14)16-12-17(25-24-16)19(20,21)22;2-1-3;/h1-17H;7-12H,2-6H2,1H3;;/q;2*-1;+2/b6-5+;;;. The van der Waals surface area contributed by atoms with Crippen LogP contribution < -0.4 is 14.6 Å². The van der Waals surface area contributed by atoms with Crippen LogP contribution in [-0.2, 0) is 41.7 Å². The second kappa shape index (κ2) is 24.6. The average molecular weight is 1020 g/mol. The van der Waals surface area contributed by atoms with Gasteiger partial charge in [-0.25, -0.2) is 4.98 Å².